The van der Waals surface area contributed by atoms with Crippen molar-refractivity contribution in [3.63, 3.8) is 0 Å². The third kappa shape index (κ3) is 3.08. The molecule has 1 atom stereocenters. The Bertz CT molecular complexity index is 342. The number of rotatable bonds is 2. The van der Waals surface area contributed by atoms with Gasteiger partial charge in [-0.15, -0.1) is 0 Å². The van der Waals surface area contributed by atoms with E-state index in [4.69, 9.17) is 10.9 Å². The monoisotopic (exact) mass is 242 g/mol. The van der Waals surface area contributed by atoms with Gasteiger partial charge in [0.25, 0.3) is 0 Å². The third-order valence-corrected chi connectivity index (χ3v) is 2.91. The second-order valence-corrected chi connectivity index (χ2v) is 4.18. The summed E-state index contributed by atoms with van der Waals surface area (Å²) in [6, 6.07) is 0. The lowest BCUT2D eigenvalue weighted by atomic mass is 10.1. The molecule has 1 saturated heterocycles. The van der Waals surface area contributed by atoms with Crippen molar-refractivity contribution < 1.29 is 14.8 Å². The highest BCUT2D eigenvalue weighted by atomic mass is 16.4. The topological polar surface area (TPSA) is 99.2 Å². The van der Waals surface area contributed by atoms with Gasteiger partial charge in [0.1, 0.15) is 0 Å². The number of amidine groups is 1. The number of nitrogens with two attached hydrogens (primary N) is 1. The Balaban J connectivity index is 2.72. The molecule has 1 rings (SSSR count). The summed E-state index contributed by atoms with van der Waals surface area (Å²) < 4.78 is 0. The molecule has 7 nitrogen and oxygen atoms in total. The average molecular weight is 242 g/mol. The first kappa shape index (κ1) is 13.3. The van der Waals surface area contributed by atoms with Gasteiger partial charge in [-0.3, -0.25) is 9.59 Å². The van der Waals surface area contributed by atoms with Crippen LogP contribution < -0.4 is 5.73 Å². The Morgan fingerprint density at radius 3 is 2.76 bits per heavy atom. The molecule has 0 aromatic rings. The molecular weight excluding hydrogens is 224 g/mol. The van der Waals surface area contributed by atoms with Crippen LogP contribution in [-0.2, 0) is 9.59 Å². The molecule has 0 spiro atoms. The highest BCUT2D eigenvalue weighted by molar-refractivity contribution is 6.02. The van der Waals surface area contributed by atoms with Crippen molar-refractivity contribution in [2.24, 2.45) is 16.8 Å². The smallest absolute Gasteiger partial charge is 0.241 e. The fraction of sp³-hybridized carbons (Fsp3) is 0.700. The molecule has 1 fully saturated rings. The van der Waals surface area contributed by atoms with Gasteiger partial charge in [0, 0.05) is 20.1 Å². The largest absolute Gasteiger partial charge is 0.409 e. The second-order valence-electron chi connectivity index (χ2n) is 4.18. The van der Waals surface area contributed by atoms with E-state index in [9.17, 15) is 9.59 Å². The minimum absolute atomic E-state index is 0.0540. The highest BCUT2D eigenvalue weighted by Gasteiger charge is 2.28. The first-order chi connectivity index (χ1) is 7.97. The lowest BCUT2D eigenvalue weighted by Gasteiger charge is -2.22. The van der Waals surface area contributed by atoms with Gasteiger partial charge >= 0.3 is 0 Å². The van der Waals surface area contributed by atoms with Crippen molar-refractivity contribution >= 4 is 17.6 Å². The quantitative estimate of drug-likeness (QED) is 0.282. The maximum atomic E-state index is 12.0. The van der Waals surface area contributed by atoms with E-state index in [1.165, 1.54) is 4.90 Å². The van der Waals surface area contributed by atoms with Crippen LogP contribution in [0.2, 0.25) is 0 Å². The molecule has 1 aliphatic rings. The van der Waals surface area contributed by atoms with Crippen molar-refractivity contribution in [2.45, 2.75) is 13.3 Å². The molecule has 1 heterocycles. The number of carbonyl (C=O) groups is 2. The van der Waals surface area contributed by atoms with Gasteiger partial charge in [-0.05, 0) is 13.3 Å². The van der Waals surface area contributed by atoms with Gasteiger partial charge < -0.3 is 20.7 Å². The average Bonchev–Trinajstić information content (AvgIpc) is 2.49. The molecule has 3 N–H and O–H groups in total. The van der Waals surface area contributed by atoms with E-state index in [1.54, 1.807) is 18.9 Å². The predicted molar refractivity (Wildman–Crippen MR) is 61.4 cm³/mol. The van der Waals surface area contributed by atoms with Crippen molar-refractivity contribution in [3.05, 3.63) is 0 Å². The molecule has 0 saturated carbocycles. The number of likely N-dealkylation sites (N-methyl/N-ethyl adjacent to an activating group) is 1. The summed E-state index contributed by atoms with van der Waals surface area (Å²) in [7, 11) is 1.71. The highest BCUT2D eigenvalue weighted by Crippen LogP contribution is 2.08. The molecule has 2 amide bonds. The van der Waals surface area contributed by atoms with Crippen LogP contribution in [0.1, 0.15) is 13.3 Å². The van der Waals surface area contributed by atoms with Crippen molar-refractivity contribution in [2.75, 3.05) is 26.7 Å². The molecule has 0 bridgehead atoms. The number of hydrogen-bond donors (Lipinski definition) is 2. The van der Waals surface area contributed by atoms with Crippen molar-refractivity contribution in [1.82, 2.24) is 9.80 Å². The zero-order valence-corrected chi connectivity index (χ0v) is 10.1. The zero-order valence-electron chi connectivity index (χ0n) is 10.1. The van der Waals surface area contributed by atoms with E-state index < -0.39 is 5.92 Å². The van der Waals surface area contributed by atoms with Crippen LogP contribution in [0.15, 0.2) is 5.16 Å². The lowest BCUT2D eigenvalue weighted by Crippen LogP contribution is -2.43. The Hall–Kier alpha value is -1.79. The zero-order chi connectivity index (χ0) is 13.0. The van der Waals surface area contributed by atoms with Crippen LogP contribution in [0, 0.1) is 5.92 Å². The number of nitrogens with zero attached hydrogens (tertiary/aromatic N) is 3. The van der Waals surface area contributed by atoms with Crippen LogP contribution in [0.3, 0.4) is 0 Å². The van der Waals surface area contributed by atoms with E-state index in [-0.39, 0.29) is 24.2 Å². The molecular formula is C10H18N4O3. The van der Waals surface area contributed by atoms with Crippen molar-refractivity contribution in [1.29, 1.82) is 0 Å². The second kappa shape index (κ2) is 5.51. The minimum Gasteiger partial charge on any atom is -0.409 e. The van der Waals surface area contributed by atoms with Crippen LogP contribution in [0.25, 0.3) is 0 Å². The molecule has 1 aliphatic heterocycles. The van der Waals surface area contributed by atoms with E-state index in [0.717, 1.165) is 6.42 Å². The molecule has 0 radical (unpaired) electrons. The van der Waals surface area contributed by atoms with Gasteiger partial charge in [0.05, 0.1) is 12.5 Å². The van der Waals surface area contributed by atoms with E-state index in [2.05, 4.69) is 5.16 Å². The predicted octanol–water partition coefficient (Wildman–Crippen LogP) is -0.940. The van der Waals surface area contributed by atoms with Gasteiger partial charge in [0.2, 0.25) is 11.8 Å². The van der Waals surface area contributed by atoms with Gasteiger partial charge in [-0.2, -0.15) is 0 Å². The third-order valence-electron chi connectivity index (χ3n) is 2.91. The Morgan fingerprint density at radius 2 is 2.18 bits per heavy atom. The summed E-state index contributed by atoms with van der Waals surface area (Å²) in [5, 5.41) is 11.3. The standard InChI is InChI=1S/C10H18N4O3/c1-7(9(11)12-17)10(16)14-5-3-4-13(2)8(15)6-14/h7,17H,3-6H2,1-2H3,(H2,11,12). The normalized spacial score (nSPS) is 20.1. The molecule has 1 unspecified atom stereocenters. The molecule has 0 aliphatic carbocycles. The van der Waals surface area contributed by atoms with Crippen molar-refractivity contribution in [3.8, 4) is 0 Å². The van der Waals surface area contributed by atoms with E-state index in [1.807, 2.05) is 0 Å². The first-order valence-electron chi connectivity index (χ1n) is 5.47. The van der Waals surface area contributed by atoms with E-state index in [0.29, 0.717) is 13.1 Å². The fourth-order valence-electron chi connectivity index (χ4n) is 1.66. The summed E-state index contributed by atoms with van der Waals surface area (Å²) in [6.45, 7) is 2.76. The summed E-state index contributed by atoms with van der Waals surface area (Å²) in [6.07, 6.45) is 0.733. The van der Waals surface area contributed by atoms with Crippen LogP contribution in [0.4, 0.5) is 0 Å². The lowest BCUT2D eigenvalue weighted by molar-refractivity contribution is -0.139. The fourth-order valence-corrected chi connectivity index (χ4v) is 1.66. The van der Waals surface area contributed by atoms with Crippen LogP contribution in [-0.4, -0.2) is 59.3 Å². The first-order valence-corrected chi connectivity index (χ1v) is 5.47. The number of amides is 2. The Morgan fingerprint density at radius 1 is 1.53 bits per heavy atom. The minimum atomic E-state index is -0.712. The Labute approximate surface area is 99.8 Å². The summed E-state index contributed by atoms with van der Waals surface area (Å²) >= 11 is 0. The van der Waals surface area contributed by atoms with Gasteiger partial charge in [0.15, 0.2) is 5.84 Å². The van der Waals surface area contributed by atoms with Crippen LogP contribution >= 0.6 is 0 Å². The van der Waals surface area contributed by atoms with Gasteiger partial charge in [-0.25, -0.2) is 0 Å². The molecule has 7 heteroatoms. The molecule has 0 aromatic heterocycles. The molecule has 96 valence electrons. The maximum Gasteiger partial charge on any atom is 0.241 e. The molecule has 0 aromatic carbocycles. The van der Waals surface area contributed by atoms with Crippen LogP contribution in [0.5, 0.6) is 0 Å². The number of oxime groups is 1. The number of hydrogen-bond acceptors (Lipinski definition) is 4. The number of carbonyl (C=O) groups excluding carboxylic acids is 2. The Kier molecular flexibility index (Phi) is 4.30. The SMILES string of the molecule is CC(C(=O)N1CCCN(C)C(=O)C1)C(N)=NO. The molecule has 17 heavy (non-hydrogen) atoms. The maximum absolute atomic E-state index is 12.0. The van der Waals surface area contributed by atoms with Gasteiger partial charge in [-0.1, -0.05) is 5.16 Å². The summed E-state index contributed by atoms with van der Waals surface area (Å²) in [5.74, 6) is -1.23. The summed E-state index contributed by atoms with van der Waals surface area (Å²) in [4.78, 5) is 26.7. The summed E-state index contributed by atoms with van der Waals surface area (Å²) in [5.41, 5.74) is 5.38. The van der Waals surface area contributed by atoms with E-state index >= 15 is 0 Å².